The summed E-state index contributed by atoms with van der Waals surface area (Å²) in [5.41, 5.74) is 1.45. The van der Waals surface area contributed by atoms with E-state index < -0.39 is 0 Å². The van der Waals surface area contributed by atoms with E-state index in [1.807, 2.05) is 6.07 Å². The number of carbonyl (C=O) groups is 1. The first-order valence-electron chi connectivity index (χ1n) is 7.52. The number of halogens is 1. The zero-order valence-electron chi connectivity index (χ0n) is 12.3. The van der Waals surface area contributed by atoms with Crippen molar-refractivity contribution in [2.75, 3.05) is 18.5 Å². The summed E-state index contributed by atoms with van der Waals surface area (Å²) in [6.07, 6.45) is 3.68. The van der Waals surface area contributed by atoms with Crippen LogP contribution in [0.4, 0.5) is 5.69 Å². The Morgan fingerprint density at radius 2 is 2.04 bits per heavy atom. The van der Waals surface area contributed by atoms with Crippen LogP contribution in [0.15, 0.2) is 18.3 Å². The lowest BCUT2D eigenvalue weighted by atomic mass is 10.0. The molecule has 0 spiro atoms. The first-order valence-corrected chi connectivity index (χ1v) is 8.72. The molecule has 1 aromatic carbocycles. The van der Waals surface area contributed by atoms with Crippen LogP contribution in [0.5, 0.6) is 11.5 Å². The number of anilines is 1. The molecule has 2 heterocycles. The van der Waals surface area contributed by atoms with Crippen LogP contribution in [-0.2, 0) is 6.54 Å². The smallest absolute Gasteiger partial charge is 0.183 e. The minimum absolute atomic E-state index is 0.149. The van der Waals surface area contributed by atoms with Crippen molar-refractivity contribution in [3.8, 4) is 11.5 Å². The average Bonchev–Trinajstić information content (AvgIpc) is 3.34. The highest BCUT2D eigenvalue weighted by Gasteiger charge is 2.33. The Bertz CT molecular complexity index is 758. The zero-order chi connectivity index (χ0) is 15.8. The van der Waals surface area contributed by atoms with Crippen LogP contribution in [0, 0.1) is 5.92 Å². The third-order valence-corrected chi connectivity index (χ3v) is 4.99. The van der Waals surface area contributed by atoms with Gasteiger partial charge in [0.05, 0.1) is 6.54 Å². The minimum Gasteiger partial charge on any atom is -0.486 e. The fraction of sp³-hybridized carbons (Fsp3) is 0.375. The number of Topliss-reactive ketones (excluding diaryl/α,β-unsaturated/α-hetero) is 1. The van der Waals surface area contributed by atoms with Crippen LogP contribution < -0.4 is 14.8 Å². The normalized spacial score (nSPS) is 16.2. The molecule has 2 aliphatic rings. The second kappa shape index (κ2) is 6.02. The van der Waals surface area contributed by atoms with Crippen molar-refractivity contribution in [2.24, 2.45) is 5.92 Å². The fourth-order valence-electron chi connectivity index (χ4n) is 2.55. The van der Waals surface area contributed by atoms with Crippen LogP contribution in [0.2, 0.25) is 4.47 Å². The SMILES string of the molecule is O=C(c1cc2c(cc1NCc1cnc(Cl)s1)OCCO2)C1CC1. The summed E-state index contributed by atoms with van der Waals surface area (Å²) in [6.45, 7) is 1.60. The van der Waals surface area contributed by atoms with Gasteiger partial charge in [0.1, 0.15) is 13.2 Å². The second-order valence-corrected chi connectivity index (χ2v) is 7.31. The number of fused-ring (bicyclic) bond motifs is 1. The van der Waals surface area contributed by atoms with E-state index in [4.69, 9.17) is 21.1 Å². The fourth-order valence-corrected chi connectivity index (χ4v) is 3.47. The van der Waals surface area contributed by atoms with Crippen molar-refractivity contribution in [3.05, 3.63) is 33.2 Å². The van der Waals surface area contributed by atoms with Gasteiger partial charge in [-0.3, -0.25) is 4.79 Å². The molecular formula is C16H15ClN2O3S. The van der Waals surface area contributed by atoms with E-state index >= 15 is 0 Å². The molecule has 1 aliphatic heterocycles. The Morgan fingerprint density at radius 1 is 1.30 bits per heavy atom. The molecule has 0 unspecified atom stereocenters. The third-order valence-electron chi connectivity index (χ3n) is 3.87. The molecular weight excluding hydrogens is 336 g/mol. The summed E-state index contributed by atoms with van der Waals surface area (Å²) >= 11 is 7.28. The highest BCUT2D eigenvalue weighted by Crippen LogP contribution is 2.40. The van der Waals surface area contributed by atoms with Gasteiger partial charge in [-0.25, -0.2) is 4.98 Å². The summed E-state index contributed by atoms with van der Waals surface area (Å²) in [6, 6.07) is 3.66. The summed E-state index contributed by atoms with van der Waals surface area (Å²) in [5, 5.41) is 3.31. The minimum atomic E-state index is 0.149. The molecule has 0 atom stereocenters. The van der Waals surface area contributed by atoms with E-state index in [-0.39, 0.29) is 11.7 Å². The Morgan fingerprint density at radius 3 is 2.70 bits per heavy atom. The van der Waals surface area contributed by atoms with Crippen LogP contribution in [-0.4, -0.2) is 24.0 Å². The molecule has 2 aromatic rings. The maximum absolute atomic E-state index is 12.6. The highest BCUT2D eigenvalue weighted by molar-refractivity contribution is 7.15. The number of nitrogens with zero attached hydrogens (tertiary/aromatic N) is 1. The van der Waals surface area contributed by atoms with Crippen LogP contribution >= 0.6 is 22.9 Å². The molecule has 0 saturated heterocycles. The van der Waals surface area contributed by atoms with Crippen molar-refractivity contribution < 1.29 is 14.3 Å². The highest BCUT2D eigenvalue weighted by atomic mass is 35.5. The first-order chi connectivity index (χ1) is 11.2. The molecule has 1 fully saturated rings. The second-order valence-electron chi connectivity index (χ2n) is 5.61. The number of hydrogen-bond donors (Lipinski definition) is 1. The molecule has 5 nitrogen and oxygen atoms in total. The zero-order valence-corrected chi connectivity index (χ0v) is 13.9. The molecule has 1 saturated carbocycles. The molecule has 7 heteroatoms. The predicted molar refractivity (Wildman–Crippen MR) is 88.9 cm³/mol. The van der Waals surface area contributed by atoms with Gasteiger partial charge in [-0.2, -0.15) is 0 Å². The van der Waals surface area contributed by atoms with E-state index in [1.165, 1.54) is 11.3 Å². The summed E-state index contributed by atoms with van der Waals surface area (Å²) in [4.78, 5) is 17.6. The topological polar surface area (TPSA) is 60.5 Å². The number of nitrogens with one attached hydrogen (secondary N) is 1. The maximum atomic E-state index is 12.6. The van der Waals surface area contributed by atoms with Gasteiger partial charge in [0.25, 0.3) is 0 Å². The average molecular weight is 351 g/mol. The van der Waals surface area contributed by atoms with E-state index in [1.54, 1.807) is 12.3 Å². The van der Waals surface area contributed by atoms with Crippen LogP contribution in [0.1, 0.15) is 28.1 Å². The number of thiazole rings is 1. The molecule has 4 rings (SSSR count). The van der Waals surface area contributed by atoms with Gasteiger partial charge in [-0.1, -0.05) is 11.6 Å². The number of ketones is 1. The number of benzene rings is 1. The molecule has 1 aromatic heterocycles. The van der Waals surface area contributed by atoms with Gasteiger partial charge in [0.2, 0.25) is 0 Å². The molecule has 1 N–H and O–H groups in total. The Hall–Kier alpha value is -1.79. The van der Waals surface area contributed by atoms with E-state index in [2.05, 4.69) is 10.3 Å². The monoisotopic (exact) mass is 350 g/mol. The van der Waals surface area contributed by atoms with Crippen LogP contribution in [0.25, 0.3) is 0 Å². The molecule has 0 radical (unpaired) electrons. The maximum Gasteiger partial charge on any atom is 0.183 e. The van der Waals surface area contributed by atoms with E-state index in [0.717, 1.165) is 23.4 Å². The van der Waals surface area contributed by atoms with Crippen LogP contribution in [0.3, 0.4) is 0 Å². The first kappa shape index (κ1) is 14.8. The Kier molecular flexibility index (Phi) is 3.87. The molecule has 1 aliphatic carbocycles. The van der Waals surface area contributed by atoms with Gasteiger partial charge in [-0.15, -0.1) is 11.3 Å². The lowest BCUT2D eigenvalue weighted by Gasteiger charge is -2.21. The van der Waals surface area contributed by atoms with Gasteiger partial charge in [-0.05, 0) is 18.9 Å². The molecule has 0 amide bonds. The predicted octanol–water partition coefficient (Wildman–Crippen LogP) is 3.77. The van der Waals surface area contributed by atoms with Crippen molar-refractivity contribution >= 4 is 34.4 Å². The Labute approximate surface area is 142 Å². The number of carbonyl (C=O) groups excluding carboxylic acids is 1. The molecule has 120 valence electrons. The lowest BCUT2D eigenvalue weighted by molar-refractivity contribution is 0.0967. The number of hydrogen-bond acceptors (Lipinski definition) is 6. The number of ether oxygens (including phenoxy) is 2. The third kappa shape index (κ3) is 3.14. The largest absolute Gasteiger partial charge is 0.486 e. The van der Waals surface area contributed by atoms with E-state index in [0.29, 0.717) is 41.3 Å². The van der Waals surface area contributed by atoms with Gasteiger partial charge < -0.3 is 14.8 Å². The van der Waals surface area contributed by atoms with E-state index in [9.17, 15) is 4.79 Å². The van der Waals surface area contributed by atoms with Crippen molar-refractivity contribution in [3.63, 3.8) is 0 Å². The van der Waals surface area contributed by atoms with Gasteiger partial charge in [0.15, 0.2) is 21.7 Å². The molecule has 0 bridgehead atoms. The number of aromatic nitrogens is 1. The quantitative estimate of drug-likeness (QED) is 0.832. The number of rotatable bonds is 5. The van der Waals surface area contributed by atoms with Gasteiger partial charge in [0, 0.05) is 34.3 Å². The molecule has 23 heavy (non-hydrogen) atoms. The summed E-state index contributed by atoms with van der Waals surface area (Å²) in [7, 11) is 0. The Balaban J connectivity index is 1.63. The summed E-state index contributed by atoms with van der Waals surface area (Å²) in [5.74, 6) is 1.64. The van der Waals surface area contributed by atoms with Crippen molar-refractivity contribution in [1.82, 2.24) is 4.98 Å². The lowest BCUT2D eigenvalue weighted by Crippen LogP contribution is -2.17. The van der Waals surface area contributed by atoms with Gasteiger partial charge >= 0.3 is 0 Å². The standard InChI is InChI=1S/C16H15ClN2O3S/c17-16-19-8-10(23-16)7-18-12-6-14-13(21-3-4-22-14)5-11(12)15(20)9-1-2-9/h5-6,8-9,18H,1-4,7H2. The summed E-state index contributed by atoms with van der Waals surface area (Å²) < 4.78 is 11.7. The van der Waals surface area contributed by atoms with Crippen molar-refractivity contribution in [2.45, 2.75) is 19.4 Å². The van der Waals surface area contributed by atoms with Crippen molar-refractivity contribution in [1.29, 1.82) is 0 Å².